The molecule has 1 aromatic carbocycles. The summed E-state index contributed by atoms with van der Waals surface area (Å²) in [6.45, 7) is 0.816. The highest BCUT2D eigenvalue weighted by molar-refractivity contribution is 7.80. The van der Waals surface area contributed by atoms with Crippen LogP contribution in [0.4, 0.5) is 0 Å². The van der Waals surface area contributed by atoms with Crippen LogP contribution in [-0.4, -0.2) is 81.7 Å². The largest absolute Gasteiger partial charge is 0.480 e. The van der Waals surface area contributed by atoms with Crippen LogP contribution in [0.1, 0.15) is 37.7 Å². The van der Waals surface area contributed by atoms with Crippen LogP contribution in [0.2, 0.25) is 0 Å². The summed E-state index contributed by atoms with van der Waals surface area (Å²) < 4.78 is 0. The predicted molar refractivity (Wildman–Crippen MR) is 143 cm³/mol. The number of rotatable bonds is 13. The highest BCUT2D eigenvalue weighted by Crippen LogP contribution is 2.22. The van der Waals surface area contributed by atoms with Crippen molar-refractivity contribution in [2.75, 3.05) is 18.8 Å². The van der Waals surface area contributed by atoms with Gasteiger partial charge in [-0.3, -0.25) is 14.4 Å². The molecule has 0 radical (unpaired) electrons. The maximum Gasteiger partial charge on any atom is 0.326 e. The second-order valence-electron chi connectivity index (χ2n) is 9.29. The van der Waals surface area contributed by atoms with Crippen LogP contribution < -0.4 is 22.1 Å². The number of hydrogen-bond donors (Lipinski definition) is 7. The van der Waals surface area contributed by atoms with Gasteiger partial charge in [-0.15, -0.1) is 0 Å². The fourth-order valence-corrected chi connectivity index (χ4v) is 4.88. The van der Waals surface area contributed by atoms with Crippen LogP contribution >= 0.6 is 12.6 Å². The summed E-state index contributed by atoms with van der Waals surface area (Å²) in [5.41, 5.74) is 13.6. The number of fused-ring (bicyclic) bond motifs is 1. The number of amides is 3. The summed E-state index contributed by atoms with van der Waals surface area (Å²) in [4.78, 5) is 55.2. The quantitative estimate of drug-likeness (QED) is 0.141. The number of carbonyl (C=O) groups excluding carboxylic acids is 3. The number of carboxylic acids is 1. The normalized spacial score (nSPS) is 17.8. The number of unbranched alkanes of at least 4 members (excludes halogenated alkanes) is 1. The molecular weight excluding hydrogens is 496 g/mol. The number of aromatic amines is 1. The van der Waals surface area contributed by atoms with Crippen LogP contribution in [0.15, 0.2) is 30.5 Å². The van der Waals surface area contributed by atoms with E-state index in [1.54, 1.807) is 0 Å². The standard InChI is InChI=1S/C25H36N6O5S/c26-10-4-3-8-19(25(35)36)29-22(32)20(14-37)30-23(33)21-9-5-11-31(21)24(34)17(27)12-15-13-28-18-7-2-1-6-16(15)18/h1-2,6-7,13,17,19-21,28,37H,3-5,8-12,14,26-27H2,(H,29,32)(H,30,33)(H,35,36). The SMILES string of the molecule is NCCCCC(NC(=O)C(CS)NC(=O)C1CCCN1C(=O)C(N)Cc1c[nH]c2ccccc12)C(=O)O. The maximum absolute atomic E-state index is 13.2. The second kappa shape index (κ2) is 13.5. The maximum atomic E-state index is 13.2. The van der Waals surface area contributed by atoms with E-state index < -0.39 is 42.0 Å². The zero-order chi connectivity index (χ0) is 26.9. The van der Waals surface area contributed by atoms with E-state index in [1.165, 1.54) is 4.90 Å². The number of nitrogens with one attached hydrogen (secondary N) is 3. The first-order valence-electron chi connectivity index (χ1n) is 12.5. The van der Waals surface area contributed by atoms with Gasteiger partial charge in [-0.1, -0.05) is 18.2 Å². The van der Waals surface area contributed by atoms with E-state index in [0.717, 1.165) is 16.5 Å². The van der Waals surface area contributed by atoms with Crippen molar-refractivity contribution in [3.8, 4) is 0 Å². The van der Waals surface area contributed by atoms with Crippen LogP contribution in [-0.2, 0) is 25.6 Å². The lowest BCUT2D eigenvalue weighted by Gasteiger charge is -2.28. The molecule has 11 nitrogen and oxygen atoms in total. The molecule has 1 saturated heterocycles. The van der Waals surface area contributed by atoms with Crippen molar-refractivity contribution < 1.29 is 24.3 Å². The predicted octanol–water partition coefficient (Wildman–Crippen LogP) is 0.142. The zero-order valence-corrected chi connectivity index (χ0v) is 21.6. The highest BCUT2D eigenvalue weighted by Gasteiger charge is 2.38. The van der Waals surface area contributed by atoms with Gasteiger partial charge in [-0.2, -0.15) is 12.6 Å². The number of hydrogen-bond acceptors (Lipinski definition) is 7. The Balaban J connectivity index is 1.60. The van der Waals surface area contributed by atoms with Gasteiger partial charge in [-0.05, 0) is 56.7 Å². The first-order chi connectivity index (χ1) is 17.8. The van der Waals surface area contributed by atoms with Crippen molar-refractivity contribution in [3.63, 3.8) is 0 Å². The molecule has 0 saturated carbocycles. The number of carboxylic acid groups (broad SMARTS) is 1. The lowest BCUT2D eigenvalue weighted by molar-refractivity contribution is -0.143. The fraction of sp³-hybridized carbons (Fsp3) is 0.520. The lowest BCUT2D eigenvalue weighted by atomic mass is 10.0. The molecule has 1 aromatic heterocycles. The van der Waals surface area contributed by atoms with Crippen molar-refractivity contribution in [2.45, 2.75) is 62.7 Å². The van der Waals surface area contributed by atoms with Crippen molar-refractivity contribution in [1.29, 1.82) is 0 Å². The molecule has 1 aliphatic rings. The second-order valence-corrected chi connectivity index (χ2v) is 9.65. The van der Waals surface area contributed by atoms with Crippen molar-refractivity contribution >= 4 is 47.2 Å². The van der Waals surface area contributed by atoms with Crippen LogP contribution in [0, 0.1) is 0 Å². The average molecular weight is 533 g/mol. The molecule has 37 heavy (non-hydrogen) atoms. The van der Waals surface area contributed by atoms with Crippen molar-refractivity contribution in [3.05, 3.63) is 36.0 Å². The van der Waals surface area contributed by atoms with Gasteiger partial charge in [0, 0.05) is 29.4 Å². The van der Waals surface area contributed by atoms with Gasteiger partial charge in [0.25, 0.3) is 0 Å². The summed E-state index contributed by atoms with van der Waals surface area (Å²) in [6, 6.07) is 4.00. The summed E-state index contributed by atoms with van der Waals surface area (Å²) in [7, 11) is 0. The molecular formula is C25H36N6O5S. The molecule has 202 valence electrons. The molecule has 3 amide bonds. The van der Waals surface area contributed by atoms with Gasteiger partial charge in [0.1, 0.15) is 18.1 Å². The van der Waals surface area contributed by atoms with E-state index >= 15 is 0 Å². The topological polar surface area (TPSA) is 184 Å². The minimum atomic E-state index is -1.16. The number of benzene rings is 1. The van der Waals surface area contributed by atoms with Gasteiger partial charge < -0.3 is 37.1 Å². The number of para-hydroxylation sites is 1. The third-order valence-electron chi connectivity index (χ3n) is 6.65. The van der Waals surface area contributed by atoms with Crippen LogP contribution in [0.3, 0.4) is 0 Å². The van der Waals surface area contributed by atoms with Crippen molar-refractivity contribution in [2.24, 2.45) is 11.5 Å². The van der Waals surface area contributed by atoms with Crippen LogP contribution in [0.5, 0.6) is 0 Å². The number of aromatic nitrogens is 1. The minimum Gasteiger partial charge on any atom is -0.480 e. The molecule has 0 spiro atoms. The molecule has 2 heterocycles. The number of nitrogens with zero attached hydrogens (tertiary/aromatic N) is 1. The van der Waals surface area contributed by atoms with Gasteiger partial charge in [0.05, 0.1) is 6.04 Å². The lowest BCUT2D eigenvalue weighted by Crippen LogP contribution is -2.57. The summed E-state index contributed by atoms with van der Waals surface area (Å²) in [5, 5.41) is 15.5. The average Bonchev–Trinajstić information content (AvgIpc) is 3.53. The summed E-state index contributed by atoms with van der Waals surface area (Å²) >= 11 is 4.16. The molecule has 0 aliphatic carbocycles. The van der Waals surface area contributed by atoms with Gasteiger partial charge in [0.2, 0.25) is 17.7 Å². The molecule has 1 fully saturated rings. The van der Waals surface area contributed by atoms with E-state index in [1.807, 2.05) is 30.5 Å². The summed E-state index contributed by atoms with van der Waals surface area (Å²) in [5.74, 6) is -2.66. The smallest absolute Gasteiger partial charge is 0.326 e. The van der Waals surface area contributed by atoms with Crippen molar-refractivity contribution in [1.82, 2.24) is 20.5 Å². The number of carbonyl (C=O) groups is 4. The number of likely N-dealkylation sites (tertiary alicyclic amines) is 1. The minimum absolute atomic E-state index is 0.0343. The Kier molecular flexibility index (Phi) is 10.4. The van der Waals surface area contributed by atoms with E-state index in [-0.39, 0.29) is 18.1 Å². The molecule has 4 unspecified atom stereocenters. The Morgan fingerprint density at radius 2 is 1.92 bits per heavy atom. The highest BCUT2D eigenvalue weighted by atomic mass is 32.1. The molecule has 0 bridgehead atoms. The van der Waals surface area contributed by atoms with E-state index in [9.17, 15) is 24.3 Å². The molecule has 8 N–H and O–H groups in total. The summed E-state index contributed by atoms with van der Waals surface area (Å²) in [6.07, 6.45) is 4.63. The Bertz CT molecular complexity index is 1110. The molecule has 12 heteroatoms. The Morgan fingerprint density at radius 3 is 2.62 bits per heavy atom. The zero-order valence-electron chi connectivity index (χ0n) is 20.7. The number of thiol groups is 1. The third-order valence-corrected chi connectivity index (χ3v) is 7.01. The first-order valence-corrected chi connectivity index (χ1v) is 13.2. The monoisotopic (exact) mass is 532 g/mol. The number of nitrogens with two attached hydrogens (primary N) is 2. The van der Waals surface area contributed by atoms with Gasteiger partial charge in [-0.25, -0.2) is 4.79 Å². The van der Waals surface area contributed by atoms with Gasteiger partial charge in [0.15, 0.2) is 0 Å². The van der Waals surface area contributed by atoms with Gasteiger partial charge >= 0.3 is 5.97 Å². The molecule has 2 aromatic rings. The van der Waals surface area contributed by atoms with E-state index in [2.05, 4.69) is 28.2 Å². The number of aliphatic carboxylic acids is 1. The Morgan fingerprint density at radius 1 is 1.16 bits per heavy atom. The fourth-order valence-electron chi connectivity index (χ4n) is 4.63. The van der Waals surface area contributed by atoms with E-state index in [0.29, 0.717) is 45.2 Å². The third kappa shape index (κ3) is 7.24. The van der Waals surface area contributed by atoms with Crippen LogP contribution in [0.25, 0.3) is 10.9 Å². The molecule has 4 atom stereocenters. The molecule has 1 aliphatic heterocycles. The Labute approximate surface area is 221 Å². The first kappa shape index (κ1) is 28.5. The Hall–Kier alpha value is -3.09. The van der Waals surface area contributed by atoms with E-state index in [4.69, 9.17) is 11.5 Å². The number of H-pyrrole nitrogens is 1. The molecule has 3 rings (SSSR count).